The molecule has 11 heteroatoms. The van der Waals surface area contributed by atoms with E-state index in [1.54, 1.807) is 55.5 Å². The van der Waals surface area contributed by atoms with Crippen LogP contribution in [0.4, 0.5) is 30.5 Å². The van der Waals surface area contributed by atoms with Gasteiger partial charge in [0.2, 0.25) is 5.95 Å². The van der Waals surface area contributed by atoms with E-state index in [4.69, 9.17) is 0 Å². The van der Waals surface area contributed by atoms with E-state index >= 15 is 0 Å². The number of carbonyl (C=O) groups excluding carboxylic acids is 1. The first kappa shape index (κ1) is 25.5. The summed E-state index contributed by atoms with van der Waals surface area (Å²) in [5.41, 5.74) is 1.93. The molecule has 2 aromatic heterocycles. The highest BCUT2D eigenvalue weighted by Gasteiger charge is 2.32. The lowest BCUT2D eigenvalue weighted by Crippen LogP contribution is -2.35. The number of pyridine rings is 1. The second kappa shape index (κ2) is 10.3. The Morgan fingerprint density at radius 2 is 1.66 bits per heavy atom. The number of alkyl halides is 3. The van der Waals surface area contributed by atoms with Crippen molar-refractivity contribution in [1.29, 1.82) is 0 Å². The number of hydrogen-bond acceptors (Lipinski definition) is 6. The minimum atomic E-state index is -4.58. The highest BCUT2D eigenvalue weighted by Crippen LogP contribution is 2.34. The quantitative estimate of drug-likeness (QED) is 0.287. The van der Waals surface area contributed by atoms with E-state index in [0.717, 1.165) is 36.0 Å². The van der Waals surface area contributed by atoms with Crippen molar-refractivity contribution in [2.24, 2.45) is 0 Å². The molecule has 0 aliphatic carbocycles. The fraction of sp³-hybridized carbons (Fsp3) is 0.296. The Morgan fingerprint density at radius 1 is 1.00 bits per heavy atom. The molecular weight excluding hydrogens is 497 g/mol. The van der Waals surface area contributed by atoms with Crippen molar-refractivity contribution in [3.8, 4) is 11.1 Å². The normalized spacial score (nSPS) is 14.9. The molecule has 1 amide bonds. The number of nitrogens with one attached hydrogen (secondary N) is 2. The van der Waals surface area contributed by atoms with Crippen molar-refractivity contribution in [1.82, 2.24) is 19.5 Å². The number of nitrogens with zero attached hydrogens (tertiary/aromatic N) is 4. The van der Waals surface area contributed by atoms with Crippen LogP contribution in [0.3, 0.4) is 0 Å². The van der Waals surface area contributed by atoms with Crippen LogP contribution in [0.15, 0.2) is 60.8 Å². The lowest BCUT2D eigenvalue weighted by atomic mass is 10.0. The lowest BCUT2D eigenvalue weighted by Gasteiger charge is -2.26. The van der Waals surface area contributed by atoms with Gasteiger partial charge in [0.1, 0.15) is 6.23 Å². The summed E-state index contributed by atoms with van der Waals surface area (Å²) in [4.78, 5) is 19.1. The summed E-state index contributed by atoms with van der Waals surface area (Å²) < 4.78 is 42.3. The molecule has 1 aliphatic rings. The average molecular weight is 525 g/mol. The number of fused-ring (bicyclic) bond motifs is 1. The molecule has 8 nitrogen and oxygen atoms in total. The molecule has 0 spiro atoms. The zero-order chi connectivity index (χ0) is 26.9. The fourth-order valence-electron chi connectivity index (χ4n) is 4.50. The van der Waals surface area contributed by atoms with Crippen LogP contribution in [0.25, 0.3) is 16.8 Å². The van der Waals surface area contributed by atoms with Crippen LogP contribution in [0, 0.1) is 0 Å². The van der Waals surface area contributed by atoms with Crippen LogP contribution in [0.2, 0.25) is 0 Å². The maximum absolute atomic E-state index is 13.7. The van der Waals surface area contributed by atoms with E-state index in [1.165, 1.54) is 0 Å². The number of rotatable bonds is 6. The number of halogens is 3. The van der Waals surface area contributed by atoms with Gasteiger partial charge in [-0.1, -0.05) is 12.1 Å². The largest absolute Gasteiger partial charge is 0.417 e. The number of amides is 1. The number of hydrogen-bond donors (Lipinski definition) is 3. The van der Waals surface area contributed by atoms with Gasteiger partial charge in [-0.15, -0.1) is 5.10 Å². The number of aromatic nitrogens is 3. The minimum absolute atomic E-state index is 0.0749. The van der Waals surface area contributed by atoms with Crippen LogP contribution in [0.5, 0.6) is 0 Å². The predicted octanol–water partition coefficient (Wildman–Crippen LogP) is 5.54. The Bertz CT molecular complexity index is 1430. The van der Waals surface area contributed by atoms with Gasteiger partial charge in [-0.3, -0.25) is 4.79 Å². The molecule has 0 bridgehead atoms. The van der Waals surface area contributed by atoms with Crippen molar-refractivity contribution in [3.05, 3.63) is 71.9 Å². The Kier molecular flexibility index (Phi) is 6.94. The molecular formula is C27H27F3N6O2. The van der Waals surface area contributed by atoms with E-state index in [2.05, 4.69) is 20.7 Å². The number of carbonyl (C=O) groups is 1. The summed E-state index contributed by atoms with van der Waals surface area (Å²) >= 11 is 0. The summed E-state index contributed by atoms with van der Waals surface area (Å²) in [5.74, 6) is 0.0489. The van der Waals surface area contributed by atoms with Gasteiger partial charge >= 0.3 is 6.18 Å². The van der Waals surface area contributed by atoms with Gasteiger partial charge in [0.05, 0.1) is 5.56 Å². The first-order valence-corrected chi connectivity index (χ1v) is 12.4. The molecule has 5 rings (SSSR count). The maximum atomic E-state index is 13.7. The van der Waals surface area contributed by atoms with Crippen LogP contribution in [0.1, 0.15) is 42.1 Å². The molecule has 1 fully saturated rings. The van der Waals surface area contributed by atoms with Crippen molar-refractivity contribution in [2.75, 3.05) is 23.7 Å². The van der Waals surface area contributed by atoms with Crippen molar-refractivity contribution < 1.29 is 23.1 Å². The Hall–Kier alpha value is -4.12. The van der Waals surface area contributed by atoms with Crippen LogP contribution >= 0.6 is 0 Å². The molecule has 198 valence electrons. The molecule has 3 heterocycles. The van der Waals surface area contributed by atoms with E-state index in [1.807, 2.05) is 4.90 Å². The average Bonchev–Trinajstić information content (AvgIpc) is 3.31. The Balaban J connectivity index is 1.46. The first-order chi connectivity index (χ1) is 18.2. The van der Waals surface area contributed by atoms with Crippen molar-refractivity contribution in [3.63, 3.8) is 0 Å². The summed E-state index contributed by atoms with van der Waals surface area (Å²) in [6, 6.07) is 14.6. The Labute approximate surface area is 217 Å². The summed E-state index contributed by atoms with van der Waals surface area (Å²) in [5, 5.41) is 19.5. The molecule has 1 saturated heterocycles. The van der Waals surface area contributed by atoms with Gasteiger partial charge in [0.15, 0.2) is 5.65 Å². The van der Waals surface area contributed by atoms with E-state index in [-0.39, 0.29) is 23.1 Å². The SMILES string of the molecule is CC(O)Nc1ccc(Nc2nc3c(-c4ccc(C(=O)N5CCCCC5)cc4)cc(C(F)(F)F)cn3n2)cc1. The van der Waals surface area contributed by atoms with Crippen LogP contribution in [-0.2, 0) is 6.18 Å². The third-order valence-electron chi connectivity index (χ3n) is 6.36. The Morgan fingerprint density at radius 3 is 2.29 bits per heavy atom. The summed E-state index contributed by atoms with van der Waals surface area (Å²) in [6.45, 7) is 3.02. The molecule has 1 unspecified atom stereocenters. The third-order valence-corrected chi connectivity index (χ3v) is 6.36. The van der Waals surface area contributed by atoms with Gasteiger partial charge in [0, 0.05) is 41.8 Å². The highest BCUT2D eigenvalue weighted by molar-refractivity contribution is 5.95. The van der Waals surface area contributed by atoms with Crippen LogP contribution < -0.4 is 10.6 Å². The van der Waals surface area contributed by atoms with E-state index in [9.17, 15) is 23.1 Å². The summed E-state index contributed by atoms with van der Waals surface area (Å²) in [6.07, 6.45) is -1.35. The smallest absolute Gasteiger partial charge is 0.374 e. The fourth-order valence-corrected chi connectivity index (χ4v) is 4.50. The number of likely N-dealkylation sites (tertiary alicyclic amines) is 1. The number of aliphatic hydroxyl groups is 1. The molecule has 38 heavy (non-hydrogen) atoms. The number of piperidine rings is 1. The van der Waals surface area contributed by atoms with Gasteiger partial charge in [-0.05, 0) is 74.2 Å². The standard InChI is InChI=1S/C27H27F3N6O2/c1-17(37)31-21-9-11-22(12-10-21)32-26-33-24-23(15-20(27(28,29)30)16-36(24)34-26)18-5-7-19(8-6-18)25(38)35-13-3-2-4-14-35/h5-12,15-17,31,37H,2-4,13-14H2,1H3,(H,32,34). The number of anilines is 3. The monoisotopic (exact) mass is 524 g/mol. The molecule has 3 N–H and O–H groups in total. The molecule has 2 aromatic carbocycles. The van der Waals surface area contributed by atoms with E-state index in [0.29, 0.717) is 35.6 Å². The van der Waals surface area contributed by atoms with Gasteiger partial charge in [-0.2, -0.15) is 18.2 Å². The van der Waals surface area contributed by atoms with Gasteiger partial charge < -0.3 is 20.6 Å². The molecule has 4 aromatic rings. The first-order valence-electron chi connectivity index (χ1n) is 12.4. The summed E-state index contributed by atoms with van der Waals surface area (Å²) in [7, 11) is 0. The van der Waals surface area contributed by atoms with Crippen LogP contribution in [-0.4, -0.2) is 49.8 Å². The third kappa shape index (κ3) is 5.57. The molecule has 1 atom stereocenters. The number of aliphatic hydroxyl groups excluding tert-OH is 1. The van der Waals surface area contributed by atoms with Gasteiger partial charge in [0.25, 0.3) is 5.91 Å². The lowest BCUT2D eigenvalue weighted by molar-refractivity contribution is -0.137. The second-order valence-electron chi connectivity index (χ2n) is 9.30. The number of benzene rings is 2. The predicted molar refractivity (Wildman–Crippen MR) is 138 cm³/mol. The topological polar surface area (TPSA) is 94.8 Å². The highest BCUT2D eigenvalue weighted by atomic mass is 19.4. The van der Waals surface area contributed by atoms with Gasteiger partial charge in [-0.25, -0.2) is 4.52 Å². The second-order valence-corrected chi connectivity index (χ2v) is 9.30. The molecule has 1 aliphatic heterocycles. The molecule has 0 saturated carbocycles. The minimum Gasteiger partial charge on any atom is -0.374 e. The van der Waals surface area contributed by atoms with E-state index < -0.39 is 18.0 Å². The molecule has 0 radical (unpaired) electrons. The zero-order valence-electron chi connectivity index (χ0n) is 20.7. The van der Waals surface area contributed by atoms with Crippen molar-refractivity contribution >= 4 is 28.9 Å². The zero-order valence-corrected chi connectivity index (χ0v) is 20.7. The maximum Gasteiger partial charge on any atom is 0.417 e. The van der Waals surface area contributed by atoms with Crippen molar-refractivity contribution in [2.45, 2.75) is 38.6 Å².